The number of amides is 3. The van der Waals surface area contributed by atoms with Crippen molar-refractivity contribution in [2.24, 2.45) is 11.7 Å². The molecule has 0 aliphatic carbocycles. The van der Waals surface area contributed by atoms with Gasteiger partial charge in [0, 0.05) is 24.3 Å². The average molecular weight is 261 g/mol. The van der Waals surface area contributed by atoms with Crippen molar-refractivity contribution in [1.29, 1.82) is 0 Å². The molecule has 1 heterocycles. The van der Waals surface area contributed by atoms with Crippen molar-refractivity contribution in [2.45, 2.75) is 19.8 Å². The van der Waals surface area contributed by atoms with Crippen LogP contribution in [0.25, 0.3) is 0 Å². The molecule has 1 aliphatic rings. The maximum atomic E-state index is 12.0. The summed E-state index contributed by atoms with van der Waals surface area (Å²) in [7, 11) is 0. The summed E-state index contributed by atoms with van der Waals surface area (Å²) >= 11 is 0. The van der Waals surface area contributed by atoms with Gasteiger partial charge >= 0.3 is 6.03 Å². The maximum absolute atomic E-state index is 12.0. The Hall–Kier alpha value is -2.04. The Morgan fingerprint density at radius 3 is 2.32 bits per heavy atom. The van der Waals surface area contributed by atoms with Gasteiger partial charge in [-0.15, -0.1) is 0 Å². The summed E-state index contributed by atoms with van der Waals surface area (Å²) in [5.41, 5.74) is 6.27. The van der Waals surface area contributed by atoms with Crippen LogP contribution in [0.2, 0.25) is 0 Å². The highest BCUT2D eigenvalue weighted by Gasteiger charge is 2.20. The van der Waals surface area contributed by atoms with Crippen molar-refractivity contribution in [2.75, 3.05) is 18.4 Å². The highest BCUT2D eigenvalue weighted by atomic mass is 16.2. The lowest BCUT2D eigenvalue weighted by Crippen LogP contribution is -2.40. The van der Waals surface area contributed by atoms with Crippen molar-refractivity contribution in [1.82, 2.24) is 4.90 Å². The number of hydrogen-bond acceptors (Lipinski definition) is 2. The van der Waals surface area contributed by atoms with E-state index in [-0.39, 0.29) is 6.03 Å². The van der Waals surface area contributed by atoms with Crippen LogP contribution in [-0.4, -0.2) is 29.9 Å². The van der Waals surface area contributed by atoms with Crippen LogP contribution in [0.4, 0.5) is 10.5 Å². The van der Waals surface area contributed by atoms with Gasteiger partial charge in [0.25, 0.3) is 0 Å². The average Bonchev–Trinajstić information content (AvgIpc) is 2.40. The molecule has 2 rings (SSSR count). The van der Waals surface area contributed by atoms with Crippen LogP contribution in [-0.2, 0) is 0 Å². The predicted molar refractivity (Wildman–Crippen MR) is 73.9 cm³/mol. The molecular weight excluding hydrogens is 242 g/mol. The molecule has 102 valence electrons. The summed E-state index contributed by atoms with van der Waals surface area (Å²) in [6, 6.07) is 6.50. The number of piperidine rings is 1. The van der Waals surface area contributed by atoms with Crippen LogP contribution in [0.5, 0.6) is 0 Å². The molecule has 3 amide bonds. The van der Waals surface area contributed by atoms with E-state index in [1.807, 2.05) is 4.90 Å². The Bertz CT molecular complexity index is 462. The lowest BCUT2D eigenvalue weighted by Gasteiger charge is -2.30. The first-order valence-corrected chi connectivity index (χ1v) is 6.52. The fourth-order valence-corrected chi connectivity index (χ4v) is 2.13. The minimum absolute atomic E-state index is 0.0845. The normalized spacial score (nSPS) is 16.2. The third-order valence-corrected chi connectivity index (χ3v) is 3.49. The smallest absolute Gasteiger partial charge is 0.321 e. The summed E-state index contributed by atoms with van der Waals surface area (Å²) in [5.74, 6) is 0.224. The minimum atomic E-state index is -0.470. The second-order valence-corrected chi connectivity index (χ2v) is 5.04. The molecule has 0 saturated carbocycles. The molecule has 0 unspecified atom stereocenters. The zero-order valence-corrected chi connectivity index (χ0v) is 11.1. The number of nitrogens with one attached hydrogen (secondary N) is 1. The number of benzene rings is 1. The van der Waals surface area contributed by atoms with Crippen molar-refractivity contribution in [3.63, 3.8) is 0 Å². The fourth-order valence-electron chi connectivity index (χ4n) is 2.13. The number of nitrogens with zero attached hydrogens (tertiary/aromatic N) is 1. The van der Waals surface area contributed by atoms with Gasteiger partial charge < -0.3 is 16.0 Å². The van der Waals surface area contributed by atoms with Crippen molar-refractivity contribution in [3.8, 4) is 0 Å². The zero-order valence-electron chi connectivity index (χ0n) is 11.1. The molecule has 1 aliphatic heterocycles. The summed E-state index contributed by atoms with van der Waals surface area (Å²) in [5, 5.41) is 2.83. The molecule has 3 N–H and O–H groups in total. The molecule has 5 nitrogen and oxygen atoms in total. The van der Waals surface area contributed by atoms with E-state index in [9.17, 15) is 9.59 Å². The van der Waals surface area contributed by atoms with Gasteiger partial charge in [0.05, 0.1) is 0 Å². The second-order valence-electron chi connectivity index (χ2n) is 5.04. The first-order valence-electron chi connectivity index (χ1n) is 6.52. The lowest BCUT2D eigenvalue weighted by atomic mass is 10.00. The minimum Gasteiger partial charge on any atom is -0.366 e. The number of hydrogen-bond donors (Lipinski definition) is 2. The van der Waals surface area contributed by atoms with E-state index in [0.29, 0.717) is 17.2 Å². The molecule has 1 saturated heterocycles. The van der Waals surface area contributed by atoms with E-state index in [4.69, 9.17) is 5.73 Å². The van der Waals surface area contributed by atoms with Gasteiger partial charge in [-0.1, -0.05) is 6.92 Å². The number of primary amides is 1. The molecule has 0 atom stereocenters. The third-order valence-electron chi connectivity index (χ3n) is 3.49. The molecule has 5 heteroatoms. The highest BCUT2D eigenvalue weighted by Crippen LogP contribution is 2.17. The molecule has 1 fully saturated rings. The third kappa shape index (κ3) is 3.47. The van der Waals surface area contributed by atoms with E-state index >= 15 is 0 Å². The first-order chi connectivity index (χ1) is 9.06. The standard InChI is InChI=1S/C14H19N3O2/c1-10-6-8-17(9-7-10)14(19)16-12-4-2-11(3-5-12)13(15)18/h2-5,10H,6-9H2,1H3,(H2,15,18)(H,16,19). The quantitative estimate of drug-likeness (QED) is 0.855. The fraction of sp³-hybridized carbons (Fsp3) is 0.429. The molecule has 1 aromatic carbocycles. The second kappa shape index (κ2) is 5.73. The number of carbonyl (C=O) groups is 2. The van der Waals surface area contributed by atoms with Crippen LogP contribution >= 0.6 is 0 Å². The highest BCUT2D eigenvalue weighted by molar-refractivity contribution is 5.94. The van der Waals surface area contributed by atoms with Gasteiger partial charge in [-0.3, -0.25) is 4.79 Å². The Balaban J connectivity index is 1.93. The summed E-state index contributed by atoms with van der Waals surface area (Å²) in [6.45, 7) is 3.80. The lowest BCUT2D eigenvalue weighted by molar-refractivity contribution is 0.100. The van der Waals surface area contributed by atoms with Crippen LogP contribution in [0.15, 0.2) is 24.3 Å². The molecule has 0 aromatic heterocycles. The van der Waals surface area contributed by atoms with E-state index in [0.717, 1.165) is 25.9 Å². The van der Waals surface area contributed by atoms with Gasteiger partial charge in [0.15, 0.2) is 0 Å². The topological polar surface area (TPSA) is 75.4 Å². The van der Waals surface area contributed by atoms with Crippen LogP contribution in [0.3, 0.4) is 0 Å². The molecule has 0 spiro atoms. The molecule has 0 bridgehead atoms. The molecule has 1 aromatic rings. The summed E-state index contributed by atoms with van der Waals surface area (Å²) in [6.07, 6.45) is 2.10. The van der Waals surface area contributed by atoms with E-state index in [1.165, 1.54) is 0 Å². The number of anilines is 1. The Labute approximate surface area is 112 Å². The van der Waals surface area contributed by atoms with Gasteiger partial charge in [0.1, 0.15) is 0 Å². The van der Waals surface area contributed by atoms with Crippen molar-refractivity contribution < 1.29 is 9.59 Å². The van der Waals surface area contributed by atoms with Gasteiger partial charge in [0.2, 0.25) is 5.91 Å². The van der Waals surface area contributed by atoms with Crippen molar-refractivity contribution in [3.05, 3.63) is 29.8 Å². The number of urea groups is 1. The summed E-state index contributed by atoms with van der Waals surface area (Å²) < 4.78 is 0. The number of nitrogens with two attached hydrogens (primary N) is 1. The Morgan fingerprint density at radius 2 is 1.79 bits per heavy atom. The zero-order chi connectivity index (χ0) is 13.8. The van der Waals surface area contributed by atoms with Gasteiger partial charge in [-0.05, 0) is 43.0 Å². The first kappa shape index (κ1) is 13.4. The van der Waals surface area contributed by atoms with Crippen molar-refractivity contribution >= 4 is 17.6 Å². The predicted octanol–water partition coefficient (Wildman–Crippen LogP) is 2.05. The number of likely N-dealkylation sites (tertiary alicyclic amines) is 1. The largest absolute Gasteiger partial charge is 0.366 e. The van der Waals surface area contributed by atoms with E-state index in [2.05, 4.69) is 12.2 Å². The molecule has 0 radical (unpaired) electrons. The van der Waals surface area contributed by atoms with E-state index in [1.54, 1.807) is 24.3 Å². The van der Waals surface area contributed by atoms with Crippen LogP contribution in [0.1, 0.15) is 30.1 Å². The van der Waals surface area contributed by atoms with Gasteiger partial charge in [-0.25, -0.2) is 4.79 Å². The van der Waals surface area contributed by atoms with E-state index < -0.39 is 5.91 Å². The maximum Gasteiger partial charge on any atom is 0.321 e. The summed E-state index contributed by atoms with van der Waals surface area (Å²) in [4.78, 5) is 24.8. The Kier molecular flexibility index (Phi) is 4.04. The van der Waals surface area contributed by atoms with Crippen LogP contribution in [0, 0.1) is 5.92 Å². The Morgan fingerprint density at radius 1 is 1.21 bits per heavy atom. The number of carbonyl (C=O) groups excluding carboxylic acids is 2. The number of rotatable bonds is 2. The van der Waals surface area contributed by atoms with Gasteiger partial charge in [-0.2, -0.15) is 0 Å². The molecular formula is C14H19N3O2. The SMILES string of the molecule is CC1CCN(C(=O)Nc2ccc(C(N)=O)cc2)CC1. The molecule has 19 heavy (non-hydrogen) atoms. The monoisotopic (exact) mass is 261 g/mol. The van der Waals surface area contributed by atoms with Crippen LogP contribution < -0.4 is 11.1 Å².